The summed E-state index contributed by atoms with van der Waals surface area (Å²) in [6.45, 7) is -0.488. The highest BCUT2D eigenvalue weighted by atomic mass is 79.9. The Kier molecular flexibility index (Phi) is 3.58. The minimum atomic E-state index is -0.545. The van der Waals surface area contributed by atoms with Gasteiger partial charge in [0.1, 0.15) is 0 Å². The fourth-order valence-corrected chi connectivity index (χ4v) is 1.21. The zero-order valence-electron chi connectivity index (χ0n) is 7.05. The smallest absolute Gasteiger partial charge is 0.249 e. The fourth-order valence-electron chi connectivity index (χ4n) is 0.945. The van der Waals surface area contributed by atoms with E-state index in [0.717, 1.165) is 4.47 Å². The molecule has 0 aliphatic heterocycles. The lowest BCUT2D eigenvalue weighted by Crippen LogP contribution is -2.14. The standard InChI is InChI=1S/C8H7BrN2O3/c9-7-3-1-6(2-4-7)8(10-12)5-11(13)14/h1-4,12H,5H2/b10-8+. The van der Waals surface area contributed by atoms with Gasteiger partial charge in [0.2, 0.25) is 6.54 Å². The largest absolute Gasteiger partial charge is 0.410 e. The quantitative estimate of drug-likeness (QED) is 0.390. The van der Waals surface area contributed by atoms with E-state index in [4.69, 9.17) is 5.21 Å². The molecule has 1 rings (SSSR count). The second-order valence-corrected chi connectivity index (χ2v) is 3.46. The number of oxime groups is 1. The Morgan fingerprint density at radius 1 is 1.50 bits per heavy atom. The molecule has 0 aliphatic carbocycles. The number of rotatable bonds is 3. The van der Waals surface area contributed by atoms with Gasteiger partial charge < -0.3 is 5.21 Å². The van der Waals surface area contributed by atoms with Gasteiger partial charge in [-0.2, -0.15) is 0 Å². The Labute approximate surface area is 88.3 Å². The van der Waals surface area contributed by atoms with E-state index in [-0.39, 0.29) is 5.71 Å². The Morgan fingerprint density at radius 2 is 2.07 bits per heavy atom. The number of nitrogens with zero attached hydrogens (tertiary/aromatic N) is 2. The third-order valence-electron chi connectivity index (χ3n) is 1.58. The minimum absolute atomic E-state index is 0.0440. The number of halogens is 1. The van der Waals surface area contributed by atoms with Crippen molar-refractivity contribution in [2.45, 2.75) is 0 Å². The van der Waals surface area contributed by atoms with Gasteiger partial charge in [-0.15, -0.1) is 0 Å². The zero-order valence-corrected chi connectivity index (χ0v) is 8.64. The molecule has 0 aliphatic rings. The molecule has 74 valence electrons. The molecule has 0 amide bonds. The Morgan fingerprint density at radius 3 is 2.50 bits per heavy atom. The number of hydrogen-bond donors (Lipinski definition) is 1. The van der Waals surface area contributed by atoms with Crippen molar-refractivity contribution in [3.8, 4) is 0 Å². The molecule has 0 saturated heterocycles. The normalized spacial score (nSPS) is 11.4. The maximum absolute atomic E-state index is 10.2. The van der Waals surface area contributed by atoms with E-state index in [2.05, 4.69) is 21.1 Å². The lowest BCUT2D eigenvalue weighted by Gasteiger charge is -1.99. The zero-order chi connectivity index (χ0) is 10.6. The first-order chi connectivity index (χ1) is 6.63. The SMILES string of the molecule is O=[N+]([O-])C/C(=N\O)c1ccc(Br)cc1. The van der Waals surface area contributed by atoms with Gasteiger partial charge in [-0.1, -0.05) is 33.2 Å². The van der Waals surface area contributed by atoms with Crippen molar-refractivity contribution in [1.29, 1.82) is 0 Å². The van der Waals surface area contributed by atoms with Crippen molar-refractivity contribution in [2.24, 2.45) is 5.16 Å². The van der Waals surface area contributed by atoms with Crippen LogP contribution >= 0.6 is 15.9 Å². The van der Waals surface area contributed by atoms with Crippen molar-refractivity contribution >= 4 is 21.6 Å². The highest BCUT2D eigenvalue weighted by molar-refractivity contribution is 9.10. The van der Waals surface area contributed by atoms with Gasteiger partial charge in [0.25, 0.3) is 0 Å². The van der Waals surface area contributed by atoms with Gasteiger partial charge >= 0.3 is 0 Å². The average Bonchev–Trinajstić information content (AvgIpc) is 2.15. The van der Waals surface area contributed by atoms with Gasteiger partial charge in [-0.05, 0) is 12.1 Å². The molecular formula is C8H7BrN2O3. The summed E-state index contributed by atoms with van der Waals surface area (Å²) >= 11 is 3.23. The first kappa shape index (κ1) is 10.6. The third-order valence-corrected chi connectivity index (χ3v) is 2.11. The van der Waals surface area contributed by atoms with E-state index >= 15 is 0 Å². The summed E-state index contributed by atoms with van der Waals surface area (Å²) in [6, 6.07) is 6.73. The van der Waals surface area contributed by atoms with E-state index in [1.165, 1.54) is 0 Å². The second kappa shape index (κ2) is 4.71. The Balaban J connectivity index is 2.91. The van der Waals surface area contributed by atoms with Crippen LogP contribution in [-0.4, -0.2) is 22.4 Å². The summed E-state index contributed by atoms with van der Waals surface area (Å²) < 4.78 is 0.861. The van der Waals surface area contributed by atoms with E-state index in [1.54, 1.807) is 24.3 Å². The lowest BCUT2D eigenvalue weighted by atomic mass is 10.1. The van der Waals surface area contributed by atoms with Crippen LogP contribution < -0.4 is 0 Å². The second-order valence-electron chi connectivity index (χ2n) is 2.54. The van der Waals surface area contributed by atoms with Crippen LogP contribution in [0.4, 0.5) is 0 Å². The molecule has 0 heterocycles. The van der Waals surface area contributed by atoms with Crippen LogP contribution in [0.1, 0.15) is 5.56 Å². The van der Waals surface area contributed by atoms with Crippen LogP contribution in [0, 0.1) is 10.1 Å². The number of benzene rings is 1. The molecule has 1 aromatic rings. The fraction of sp³-hybridized carbons (Fsp3) is 0.125. The molecule has 6 heteroatoms. The molecule has 0 fully saturated rings. The summed E-state index contributed by atoms with van der Waals surface area (Å²) in [4.78, 5) is 9.67. The molecular weight excluding hydrogens is 252 g/mol. The molecule has 0 bridgehead atoms. The van der Waals surface area contributed by atoms with Crippen LogP contribution in [0.5, 0.6) is 0 Å². The predicted molar refractivity (Wildman–Crippen MR) is 54.3 cm³/mol. The van der Waals surface area contributed by atoms with Gasteiger partial charge in [-0.3, -0.25) is 10.1 Å². The predicted octanol–water partition coefficient (Wildman–Crippen LogP) is 1.90. The summed E-state index contributed by atoms with van der Waals surface area (Å²) in [6.07, 6.45) is 0. The van der Waals surface area contributed by atoms with E-state index in [9.17, 15) is 10.1 Å². The highest BCUT2D eigenvalue weighted by Crippen LogP contribution is 2.11. The maximum Gasteiger partial charge on any atom is 0.249 e. The Bertz CT molecular complexity index is 361. The van der Waals surface area contributed by atoms with Crippen LogP contribution in [0.25, 0.3) is 0 Å². The first-order valence-corrected chi connectivity index (χ1v) is 4.51. The van der Waals surface area contributed by atoms with E-state index in [0.29, 0.717) is 5.56 Å². The highest BCUT2D eigenvalue weighted by Gasteiger charge is 2.10. The van der Waals surface area contributed by atoms with Gasteiger partial charge in [0.15, 0.2) is 5.71 Å². The lowest BCUT2D eigenvalue weighted by molar-refractivity contribution is -0.463. The molecule has 0 saturated carbocycles. The van der Waals surface area contributed by atoms with Crippen LogP contribution in [0.15, 0.2) is 33.9 Å². The van der Waals surface area contributed by atoms with Crippen molar-refractivity contribution < 1.29 is 10.1 Å². The molecule has 0 atom stereocenters. The van der Waals surface area contributed by atoms with E-state index in [1.807, 2.05) is 0 Å². The Hall–Kier alpha value is -1.43. The van der Waals surface area contributed by atoms with Crippen molar-refractivity contribution in [1.82, 2.24) is 0 Å². The third kappa shape index (κ3) is 2.81. The number of hydrogen-bond acceptors (Lipinski definition) is 4. The van der Waals surface area contributed by atoms with Crippen molar-refractivity contribution in [2.75, 3.05) is 6.54 Å². The molecule has 1 aromatic carbocycles. The molecule has 1 N–H and O–H groups in total. The number of nitro groups is 1. The summed E-state index contributed by atoms with van der Waals surface area (Å²) in [5.74, 6) is 0. The van der Waals surface area contributed by atoms with Crippen LogP contribution in [0.2, 0.25) is 0 Å². The van der Waals surface area contributed by atoms with Crippen LogP contribution in [0.3, 0.4) is 0 Å². The monoisotopic (exact) mass is 258 g/mol. The van der Waals surface area contributed by atoms with Crippen LogP contribution in [-0.2, 0) is 0 Å². The van der Waals surface area contributed by atoms with Crippen molar-refractivity contribution in [3.63, 3.8) is 0 Å². The van der Waals surface area contributed by atoms with Gasteiger partial charge in [-0.25, -0.2) is 0 Å². The summed E-state index contributed by atoms with van der Waals surface area (Å²) in [7, 11) is 0. The molecule has 0 unspecified atom stereocenters. The molecule has 0 spiro atoms. The minimum Gasteiger partial charge on any atom is -0.410 e. The van der Waals surface area contributed by atoms with E-state index < -0.39 is 11.5 Å². The van der Waals surface area contributed by atoms with Crippen molar-refractivity contribution in [3.05, 3.63) is 44.4 Å². The molecule has 0 radical (unpaired) electrons. The molecule has 14 heavy (non-hydrogen) atoms. The maximum atomic E-state index is 10.2. The molecule has 0 aromatic heterocycles. The topological polar surface area (TPSA) is 75.7 Å². The average molecular weight is 259 g/mol. The molecule has 5 nitrogen and oxygen atoms in total. The summed E-state index contributed by atoms with van der Waals surface area (Å²) in [5.41, 5.74) is 0.579. The van der Waals surface area contributed by atoms with Gasteiger partial charge in [0, 0.05) is 15.0 Å². The summed E-state index contributed by atoms with van der Waals surface area (Å²) in [5, 5.41) is 21.7. The first-order valence-electron chi connectivity index (χ1n) is 3.72. The van der Waals surface area contributed by atoms with Gasteiger partial charge in [0.05, 0.1) is 0 Å².